The van der Waals surface area contributed by atoms with E-state index in [0.29, 0.717) is 0 Å². The molecule has 14 aromatic rings. The monoisotopic (exact) mass is 977 g/mol. The minimum absolute atomic E-state index is 0.531. The molecule has 5 heterocycles. The fourth-order valence-electron chi connectivity index (χ4n) is 15.0. The van der Waals surface area contributed by atoms with Gasteiger partial charge in [-0.15, -0.1) is 0 Å². The van der Waals surface area contributed by atoms with Crippen molar-refractivity contribution in [2.24, 2.45) is 0 Å². The molecule has 356 valence electrons. The third-order valence-corrected chi connectivity index (χ3v) is 17.8. The Kier molecular flexibility index (Phi) is 7.94. The van der Waals surface area contributed by atoms with Crippen molar-refractivity contribution in [1.29, 1.82) is 0 Å². The highest BCUT2D eigenvalue weighted by Crippen LogP contribution is 2.68. The van der Waals surface area contributed by atoms with Crippen molar-refractivity contribution in [2.45, 2.75) is 10.8 Å². The van der Waals surface area contributed by atoms with Crippen molar-refractivity contribution in [3.05, 3.63) is 306 Å². The average Bonchev–Trinajstić information content (AvgIpc) is 4.07. The normalized spacial score (nSPS) is 15.7. The largest absolute Gasteiger partial charge is 0.310 e. The van der Waals surface area contributed by atoms with E-state index in [1.165, 1.54) is 82.7 Å². The summed E-state index contributed by atoms with van der Waals surface area (Å²) in [6.45, 7) is 0. The zero-order chi connectivity index (χ0) is 50.1. The van der Waals surface area contributed by atoms with Gasteiger partial charge in [0.05, 0.1) is 67.5 Å². The molecule has 1 atom stereocenters. The van der Waals surface area contributed by atoms with Gasteiger partial charge in [-0.1, -0.05) is 170 Å². The van der Waals surface area contributed by atoms with Crippen molar-refractivity contribution in [3.63, 3.8) is 0 Å². The second-order valence-corrected chi connectivity index (χ2v) is 21.2. The summed E-state index contributed by atoms with van der Waals surface area (Å²) < 4.78 is 4.88. The van der Waals surface area contributed by atoms with E-state index in [2.05, 4.69) is 269 Å². The molecule has 18 rings (SSSR count). The fraction of sp³-hybridized carbons (Fsp3) is 0.0278. The first-order valence-electron chi connectivity index (χ1n) is 26.6. The molecule has 0 bridgehead atoms. The molecule has 4 aliphatic rings. The van der Waals surface area contributed by atoms with Crippen molar-refractivity contribution in [2.75, 3.05) is 4.90 Å². The van der Waals surface area contributed by atoms with Gasteiger partial charge >= 0.3 is 0 Å². The Hall–Kier alpha value is -10.1. The molecular weight excluding hydrogens is 935 g/mol. The lowest BCUT2D eigenvalue weighted by atomic mass is 9.63. The van der Waals surface area contributed by atoms with E-state index >= 15 is 0 Å². The number of hydrogen-bond acceptors (Lipinski definition) is 3. The Labute approximate surface area is 443 Å². The van der Waals surface area contributed by atoms with Gasteiger partial charge in [0, 0.05) is 44.7 Å². The zero-order valence-electron chi connectivity index (χ0n) is 41.6. The van der Waals surface area contributed by atoms with Gasteiger partial charge < -0.3 is 14.0 Å². The van der Waals surface area contributed by atoms with E-state index in [1.807, 2.05) is 6.20 Å². The van der Waals surface area contributed by atoms with Gasteiger partial charge in [-0.3, -0.25) is 9.97 Å². The van der Waals surface area contributed by atoms with Crippen LogP contribution in [0.2, 0.25) is 0 Å². The minimum Gasteiger partial charge on any atom is -0.310 e. The molecule has 10 aromatic carbocycles. The average molecular weight is 978 g/mol. The molecule has 0 radical (unpaired) electrons. The van der Waals surface area contributed by atoms with E-state index in [9.17, 15) is 0 Å². The van der Waals surface area contributed by atoms with Crippen LogP contribution in [0.25, 0.3) is 88.6 Å². The molecule has 0 N–H and O–H groups in total. The molecule has 5 heteroatoms. The number of rotatable bonds is 3. The lowest BCUT2D eigenvalue weighted by molar-refractivity contribution is 0.743. The van der Waals surface area contributed by atoms with Gasteiger partial charge in [0.1, 0.15) is 0 Å². The Bertz CT molecular complexity index is 4840. The molecule has 0 saturated heterocycles. The van der Waals surface area contributed by atoms with Crippen LogP contribution in [0.4, 0.5) is 17.1 Å². The van der Waals surface area contributed by atoms with Crippen molar-refractivity contribution in [1.82, 2.24) is 19.1 Å². The first-order chi connectivity index (χ1) is 38.2. The van der Waals surface area contributed by atoms with Crippen LogP contribution in [0.1, 0.15) is 44.5 Å². The number of para-hydroxylation sites is 5. The van der Waals surface area contributed by atoms with Crippen LogP contribution < -0.4 is 4.90 Å². The maximum atomic E-state index is 5.62. The molecule has 77 heavy (non-hydrogen) atoms. The highest BCUT2D eigenvalue weighted by Gasteiger charge is 2.57. The van der Waals surface area contributed by atoms with E-state index in [4.69, 9.17) is 9.97 Å². The second-order valence-electron chi connectivity index (χ2n) is 21.2. The predicted octanol–water partition coefficient (Wildman–Crippen LogP) is 17.2. The van der Waals surface area contributed by atoms with Gasteiger partial charge in [0.2, 0.25) is 0 Å². The third kappa shape index (κ3) is 5.00. The predicted molar refractivity (Wildman–Crippen MR) is 313 cm³/mol. The number of nitrogens with zero attached hydrogens (tertiary/aromatic N) is 5. The van der Waals surface area contributed by atoms with E-state index in [-0.39, 0.29) is 0 Å². The first kappa shape index (κ1) is 41.3. The molecule has 0 amide bonds. The van der Waals surface area contributed by atoms with Crippen LogP contribution in [0.3, 0.4) is 0 Å². The number of hydrogen-bond donors (Lipinski definition) is 0. The topological polar surface area (TPSA) is 38.9 Å². The van der Waals surface area contributed by atoms with Crippen LogP contribution in [0.5, 0.6) is 0 Å². The molecule has 3 aliphatic carbocycles. The smallest absolute Gasteiger partial charge is 0.0939 e. The van der Waals surface area contributed by atoms with Crippen LogP contribution in [0, 0.1) is 0 Å². The second kappa shape index (κ2) is 14.8. The Morgan fingerprint density at radius 3 is 1.44 bits per heavy atom. The van der Waals surface area contributed by atoms with Gasteiger partial charge in [0.15, 0.2) is 0 Å². The maximum absolute atomic E-state index is 5.62. The molecule has 1 aliphatic heterocycles. The molecule has 5 nitrogen and oxygen atoms in total. The van der Waals surface area contributed by atoms with Crippen LogP contribution >= 0.6 is 0 Å². The summed E-state index contributed by atoms with van der Waals surface area (Å²) in [5, 5.41) is 4.86. The standard InChI is InChI=1S/C72H43N5/c1-3-20-44(21-4-1)75-63-34-16-10-27-50(63)53-39-54-51-28-11-17-35-64(51)77(67(54)42-66(53)75)46-38-62-70(74-43-46)69-59(33-19-37-73-69)72(62)58-32-15-18-36-65(58)76(45-22-5-2-6-23-45)68-41-60-52(40-61(68)72)49-26-9-14-31-57(49)71(60)55-29-12-7-24-47(55)48-25-8-13-30-56(48)71/h1-43H. The molecule has 1 unspecified atom stereocenters. The molecular formula is C72H43N5. The summed E-state index contributed by atoms with van der Waals surface area (Å²) in [7, 11) is 0. The van der Waals surface area contributed by atoms with Gasteiger partial charge in [-0.2, -0.15) is 0 Å². The van der Waals surface area contributed by atoms with Crippen LogP contribution in [0.15, 0.2) is 261 Å². The number of pyridine rings is 2. The van der Waals surface area contributed by atoms with E-state index in [0.717, 1.165) is 67.5 Å². The first-order valence-corrected chi connectivity index (χ1v) is 26.6. The lowest BCUT2D eigenvalue weighted by Gasteiger charge is -2.45. The summed E-state index contributed by atoms with van der Waals surface area (Å²) in [4.78, 5) is 13.4. The molecule has 0 saturated carbocycles. The summed E-state index contributed by atoms with van der Waals surface area (Å²) >= 11 is 0. The van der Waals surface area contributed by atoms with Crippen LogP contribution in [-0.4, -0.2) is 19.1 Å². The minimum atomic E-state index is -0.823. The Balaban J connectivity index is 0.966. The number of fused-ring (bicyclic) bond motifs is 25. The van der Waals surface area contributed by atoms with E-state index in [1.54, 1.807) is 0 Å². The van der Waals surface area contributed by atoms with Crippen molar-refractivity contribution >= 4 is 60.7 Å². The Morgan fingerprint density at radius 1 is 0.273 bits per heavy atom. The molecule has 0 fully saturated rings. The van der Waals surface area contributed by atoms with Gasteiger partial charge in [0.25, 0.3) is 0 Å². The summed E-state index contributed by atoms with van der Waals surface area (Å²) in [6, 6.07) is 92.7. The number of benzene rings is 10. The van der Waals surface area contributed by atoms with Crippen LogP contribution in [-0.2, 0) is 10.8 Å². The third-order valence-electron chi connectivity index (χ3n) is 17.8. The summed E-state index contributed by atoms with van der Waals surface area (Å²) in [6.07, 6.45) is 4.02. The highest BCUT2D eigenvalue weighted by atomic mass is 15.2. The van der Waals surface area contributed by atoms with Crippen molar-refractivity contribution in [3.8, 4) is 45.0 Å². The molecule has 4 aromatic heterocycles. The molecule has 2 spiro atoms. The van der Waals surface area contributed by atoms with Gasteiger partial charge in [-0.05, 0) is 140 Å². The summed E-state index contributed by atoms with van der Waals surface area (Å²) in [5.41, 5.74) is 25.6. The van der Waals surface area contributed by atoms with Gasteiger partial charge in [-0.25, -0.2) is 0 Å². The Morgan fingerprint density at radius 2 is 0.779 bits per heavy atom. The maximum Gasteiger partial charge on any atom is 0.0939 e. The quantitative estimate of drug-likeness (QED) is 0.177. The number of anilines is 3. The summed E-state index contributed by atoms with van der Waals surface area (Å²) in [5.74, 6) is 0. The SMILES string of the molecule is c1ccc(N2c3ccccc3C3(c4cc5c(cc42)C2(c4ccccc4-c4ccccc42)c2ccccc2-5)c2cccnc2-c2ncc(-n4c5ccccc5c5cc6c7ccccc7n(-c7ccccc7)c6cc54)cc23)cc1. The van der Waals surface area contributed by atoms with E-state index < -0.39 is 10.8 Å². The lowest BCUT2D eigenvalue weighted by Crippen LogP contribution is -2.37. The van der Waals surface area contributed by atoms with Crippen molar-refractivity contribution < 1.29 is 0 Å². The zero-order valence-corrected chi connectivity index (χ0v) is 41.6. The fourth-order valence-corrected chi connectivity index (χ4v) is 15.0. The number of aromatic nitrogens is 4. The highest BCUT2D eigenvalue weighted by molar-refractivity contribution is 6.19.